The molecule has 3 rings (SSSR count). The van der Waals surface area contributed by atoms with E-state index in [-0.39, 0.29) is 11.7 Å². The van der Waals surface area contributed by atoms with Gasteiger partial charge in [-0.05, 0) is 48.5 Å². The minimum Gasteiger partial charge on any atom is -0.490 e. The number of benzene rings is 1. The number of hydrogen-bond acceptors (Lipinski definition) is 4. The smallest absolute Gasteiger partial charge is 0.122 e. The number of rotatable bonds is 3. The van der Waals surface area contributed by atoms with Crippen molar-refractivity contribution in [1.29, 1.82) is 0 Å². The summed E-state index contributed by atoms with van der Waals surface area (Å²) in [5.41, 5.74) is 8.13. The van der Waals surface area contributed by atoms with E-state index >= 15 is 0 Å². The van der Waals surface area contributed by atoms with Crippen LogP contribution in [0.1, 0.15) is 36.8 Å². The molecule has 2 heterocycles. The number of ether oxygens (including phenoxy) is 2. The fourth-order valence-electron chi connectivity index (χ4n) is 3.25. The Balaban J connectivity index is 1.69. The maximum Gasteiger partial charge on any atom is 0.122 e. The van der Waals surface area contributed by atoms with Crippen LogP contribution in [0.4, 0.5) is 0 Å². The van der Waals surface area contributed by atoms with Crippen LogP contribution in [0.5, 0.6) is 5.75 Å². The number of aryl methyl sites for hydroxylation is 1. The summed E-state index contributed by atoms with van der Waals surface area (Å²) in [5, 5.41) is 0. The van der Waals surface area contributed by atoms with Crippen molar-refractivity contribution in [3.05, 3.63) is 29.3 Å². The summed E-state index contributed by atoms with van der Waals surface area (Å²) in [7, 11) is 0. The van der Waals surface area contributed by atoms with Crippen molar-refractivity contribution in [1.82, 2.24) is 0 Å². The molecule has 0 amide bonds. The SMILES string of the molecule is Cc1ccc(CN)cc1OC1CCOC2(CCSCC2)C1. The van der Waals surface area contributed by atoms with Gasteiger partial charge in [-0.2, -0.15) is 11.8 Å². The first kappa shape index (κ1) is 15.2. The molecule has 2 aliphatic heterocycles. The second-order valence-electron chi connectivity index (χ2n) is 6.18. The third-order valence-electron chi connectivity index (χ3n) is 4.63. The molecule has 2 N–H and O–H groups in total. The first-order valence-corrected chi connectivity index (χ1v) is 9.04. The molecular formula is C17H25NO2S. The average Bonchev–Trinajstić information content (AvgIpc) is 2.50. The molecule has 1 aromatic rings. The van der Waals surface area contributed by atoms with Crippen LogP contribution < -0.4 is 10.5 Å². The van der Waals surface area contributed by atoms with E-state index in [1.165, 1.54) is 29.9 Å². The molecule has 0 saturated carbocycles. The third-order valence-corrected chi connectivity index (χ3v) is 5.62. The van der Waals surface area contributed by atoms with Gasteiger partial charge in [-0.3, -0.25) is 0 Å². The van der Waals surface area contributed by atoms with Gasteiger partial charge in [0, 0.05) is 19.4 Å². The van der Waals surface area contributed by atoms with Crippen LogP contribution in [-0.4, -0.2) is 29.8 Å². The number of thioether (sulfide) groups is 1. The quantitative estimate of drug-likeness (QED) is 0.931. The van der Waals surface area contributed by atoms with E-state index in [0.29, 0.717) is 6.54 Å². The third kappa shape index (κ3) is 3.55. The topological polar surface area (TPSA) is 44.5 Å². The predicted molar refractivity (Wildman–Crippen MR) is 88.0 cm³/mol. The Morgan fingerprint density at radius 1 is 1.38 bits per heavy atom. The Labute approximate surface area is 131 Å². The minimum atomic E-state index is 0.0769. The monoisotopic (exact) mass is 307 g/mol. The molecule has 21 heavy (non-hydrogen) atoms. The van der Waals surface area contributed by atoms with Gasteiger partial charge in [0.2, 0.25) is 0 Å². The highest BCUT2D eigenvalue weighted by Crippen LogP contribution is 2.39. The molecule has 0 aromatic heterocycles. The van der Waals surface area contributed by atoms with Crippen LogP contribution in [0.15, 0.2) is 18.2 Å². The van der Waals surface area contributed by atoms with E-state index in [0.717, 1.165) is 30.8 Å². The largest absolute Gasteiger partial charge is 0.490 e. The Hall–Kier alpha value is -0.710. The highest BCUT2D eigenvalue weighted by atomic mass is 32.2. The van der Waals surface area contributed by atoms with E-state index in [2.05, 4.69) is 25.1 Å². The first-order valence-electron chi connectivity index (χ1n) is 7.89. The fourth-order valence-corrected chi connectivity index (χ4v) is 4.49. The lowest BCUT2D eigenvalue weighted by atomic mass is 9.86. The van der Waals surface area contributed by atoms with Gasteiger partial charge in [-0.15, -0.1) is 0 Å². The Kier molecular flexibility index (Phi) is 4.77. The maximum absolute atomic E-state index is 6.31. The van der Waals surface area contributed by atoms with E-state index in [9.17, 15) is 0 Å². The van der Waals surface area contributed by atoms with Crippen molar-refractivity contribution in [2.45, 2.75) is 50.9 Å². The molecule has 3 nitrogen and oxygen atoms in total. The summed E-state index contributed by atoms with van der Waals surface area (Å²) in [6.45, 7) is 3.48. The average molecular weight is 307 g/mol. The zero-order chi connectivity index (χ0) is 14.7. The van der Waals surface area contributed by atoms with Crippen LogP contribution in [0, 0.1) is 6.92 Å². The zero-order valence-electron chi connectivity index (χ0n) is 12.8. The lowest BCUT2D eigenvalue weighted by molar-refractivity contribution is -0.116. The second-order valence-corrected chi connectivity index (χ2v) is 7.41. The highest BCUT2D eigenvalue weighted by molar-refractivity contribution is 7.99. The highest BCUT2D eigenvalue weighted by Gasteiger charge is 2.39. The summed E-state index contributed by atoms with van der Waals surface area (Å²) < 4.78 is 12.4. The first-order chi connectivity index (χ1) is 10.2. The molecule has 2 fully saturated rings. The van der Waals surface area contributed by atoms with Crippen LogP contribution >= 0.6 is 11.8 Å². The summed E-state index contributed by atoms with van der Waals surface area (Å²) in [5.74, 6) is 3.42. The standard InChI is InChI=1S/C17H25NO2S/c1-13-2-3-14(12-18)10-16(13)20-15-4-7-19-17(11-15)5-8-21-9-6-17/h2-3,10,15H,4-9,11-12,18H2,1H3. The Morgan fingerprint density at radius 3 is 2.95 bits per heavy atom. The zero-order valence-corrected chi connectivity index (χ0v) is 13.6. The van der Waals surface area contributed by atoms with Crippen molar-refractivity contribution in [2.24, 2.45) is 5.73 Å². The van der Waals surface area contributed by atoms with E-state index in [1.54, 1.807) is 0 Å². The predicted octanol–water partition coefficient (Wildman–Crippen LogP) is 3.28. The molecule has 1 unspecified atom stereocenters. The van der Waals surface area contributed by atoms with Crippen LogP contribution in [0.3, 0.4) is 0 Å². The van der Waals surface area contributed by atoms with Crippen molar-refractivity contribution >= 4 is 11.8 Å². The summed E-state index contributed by atoms with van der Waals surface area (Å²) in [6.07, 6.45) is 4.62. The summed E-state index contributed by atoms with van der Waals surface area (Å²) in [6, 6.07) is 6.27. The van der Waals surface area contributed by atoms with E-state index in [4.69, 9.17) is 15.2 Å². The van der Waals surface area contributed by atoms with Gasteiger partial charge in [0.05, 0.1) is 12.2 Å². The molecule has 1 spiro atoms. The van der Waals surface area contributed by atoms with Gasteiger partial charge in [0.15, 0.2) is 0 Å². The van der Waals surface area contributed by atoms with Gasteiger partial charge in [0.25, 0.3) is 0 Å². The fraction of sp³-hybridized carbons (Fsp3) is 0.647. The Morgan fingerprint density at radius 2 is 2.19 bits per heavy atom. The number of hydrogen-bond donors (Lipinski definition) is 1. The minimum absolute atomic E-state index is 0.0769. The molecule has 4 heteroatoms. The lowest BCUT2D eigenvalue weighted by Crippen LogP contribution is -2.46. The Bertz CT molecular complexity index is 480. The van der Waals surface area contributed by atoms with E-state index in [1.807, 2.05) is 11.8 Å². The van der Waals surface area contributed by atoms with Crippen LogP contribution in [-0.2, 0) is 11.3 Å². The summed E-state index contributed by atoms with van der Waals surface area (Å²) >= 11 is 2.04. The second kappa shape index (κ2) is 6.59. The number of nitrogens with two attached hydrogens (primary N) is 1. The molecule has 0 aliphatic carbocycles. The molecule has 1 atom stereocenters. The lowest BCUT2D eigenvalue weighted by Gasteiger charge is -2.43. The van der Waals surface area contributed by atoms with Crippen LogP contribution in [0.2, 0.25) is 0 Å². The summed E-state index contributed by atoms with van der Waals surface area (Å²) in [4.78, 5) is 0. The van der Waals surface area contributed by atoms with Crippen molar-refractivity contribution in [2.75, 3.05) is 18.1 Å². The van der Waals surface area contributed by atoms with Gasteiger partial charge in [-0.1, -0.05) is 12.1 Å². The van der Waals surface area contributed by atoms with Gasteiger partial charge in [0.1, 0.15) is 11.9 Å². The normalized spacial score (nSPS) is 25.0. The van der Waals surface area contributed by atoms with Crippen molar-refractivity contribution in [3.8, 4) is 5.75 Å². The molecule has 1 aromatic carbocycles. The molecule has 2 aliphatic rings. The molecule has 2 saturated heterocycles. The van der Waals surface area contributed by atoms with Crippen molar-refractivity contribution in [3.63, 3.8) is 0 Å². The van der Waals surface area contributed by atoms with Gasteiger partial charge in [-0.25, -0.2) is 0 Å². The van der Waals surface area contributed by atoms with Crippen LogP contribution in [0.25, 0.3) is 0 Å². The van der Waals surface area contributed by atoms with E-state index < -0.39 is 0 Å². The molecular weight excluding hydrogens is 282 g/mol. The maximum atomic E-state index is 6.31. The molecule has 116 valence electrons. The van der Waals surface area contributed by atoms with Crippen molar-refractivity contribution < 1.29 is 9.47 Å². The van der Waals surface area contributed by atoms with Gasteiger partial charge < -0.3 is 15.2 Å². The molecule has 0 radical (unpaired) electrons. The van der Waals surface area contributed by atoms with Gasteiger partial charge >= 0.3 is 0 Å². The molecule has 0 bridgehead atoms.